The lowest BCUT2D eigenvalue weighted by Gasteiger charge is -2.16. The molecule has 2 atom stereocenters. The van der Waals surface area contributed by atoms with E-state index < -0.39 is 11.6 Å². The van der Waals surface area contributed by atoms with Crippen LogP contribution >= 0.6 is 0 Å². The molecule has 0 unspecified atom stereocenters. The Balaban J connectivity index is 1.75. The van der Waals surface area contributed by atoms with Crippen molar-refractivity contribution >= 4 is 0 Å². The van der Waals surface area contributed by atoms with Gasteiger partial charge in [-0.15, -0.1) is 0 Å². The molecule has 1 fully saturated rings. The van der Waals surface area contributed by atoms with Gasteiger partial charge in [0.25, 0.3) is 0 Å². The number of nitrogens with zero attached hydrogens (tertiary/aromatic N) is 3. The first-order valence-corrected chi connectivity index (χ1v) is 8.29. The third kappa shape index (κ3) is 3.35. The van der Waals surface area contributed by atoms with E-state index in [9.17, 15) is 13.9 Å². The maximum atomic E-state index is 13.9. The second-order valence-corrected chi connectivity index (χ2v) is 6.80. The van der Waals surface area contributed by atoms with Crippen LogP contribution in [0.15, 0.2) is 30.6 Å². The minimum atomic E-state index is -0.819. The molecule has 1 aromatic heterocycles. The van der Waals surface area contributed by atoms with Gasteiger partial charge in [-0.05, 0) is 25.5 Å². The summed E-state index contributed by atoms with van der Waals surface area (Å²) in [4.78, 5) is 2.07. The zero-order valence-electron chi connectivity index (χ0n) is 14.0. The molecular weight excluding hydrogens is 312 g/mol. The lowest BCUT2D eigenvalue weighted by atomic mass is 9.92. The van der Waals surface area contributed by atoms with E-state index in [4.69, 9.17) is 0 Å². The first-order chi connectivity index (χ1) is 11.5. The molecule has 0 saturated carbocycles. The van der Waals surface area contributed by atoms with Crippen LogP contribution in [0.4, 0.5) is 8.78 Å². The quantitative estimate of drug-likeness (QED) is 0.913. The smallest absolute Gasteiger partial charge is 0.163 e. The Hall–Kier alpha value is -1.79. The van der Waals surface area contributed by atoms with Gasteiger partial charge in [0, 0.05) is 55.9 Å². The highest BCUT2D eigenvalue weighted by atomic mass is 19.2. The molecule has 0 radical (unpaired) electrons. The van der Waals surface area contributed by atoms with Crippen molar-refractivity contribution in [1.82, 2.24) is 14.7 Å². The van der Waals surface area contributed by atoms with E-state index in [2.05, 4.69) is 23.8 Å². The van der Waals surface area contributed by atoms with Gasteiger partial charge in [-0.2, -0.15) is 5.10 Å². The first-order valence-electron chi connectivity index (χ1n) is 8.29. The van der Waals surface area contributed by atoms with Crippen molar-refractivity contribution in [2.75, 3.05) is 19.7 Å². The second kappa shape index (κ2) is 6.99. The van der Waals surface area contributed by atoms with E-state index in [-0.39, 0.29) is 24.5 Å². The summed E-state index contributed by atoms with van der Waals surface area (Å²) in [7, 11) is 0. The van der Waals surface area contributed by atoms with Crippen LogP contribution < -0.4 is 0 Å². The number of aromatic nitrogens is 2. The van der Waals surface area contributed by atoms with Gasteiger partial charge in [0.05, 0.1) is 6.20 Å². The Kier molecular flexibility index (Phi) is 4.96. The van der Waals surface area contributed by atoms with Gasteiger partial charge in [0.15, 0.2) is 11.6 Å². The fourth-order valence-electron chi connectivity index (χ4n) is 3.39. The van der Waals surface area contributed by atoms with E-state index in [0.29, 0.717) is 25.2 Å². The van der Waals surface area contributed by atoms with Crippen LogP contribution in [0.25, 0.3) is 0 Å². The summed E-state index contributed by atoms with van der Waals surface area (Å²) in [6, 6.07) is 4.54. The maximum absolute atomic E-state index is 13.9. The Morgan fingerprint density at radius 2 is 2.08 bits per heavy atom. The van der Waals surface area contributed by atoms with Gasteiger partial charge in [-0.25, -0.2) is 8.78 Å². The number of aliphatic hydroxyl groups is 1. The molecular formula is C18H23F2N3O. The topological polar surface area (TPSA) is 41.3 Å². The highest BCUT2D eigenvalue weighted by molar-refractivity contribution is 5.21. The largest absolute Gasteiger partial charge is 0.396 e. The molecule has 0 aliphatic carbocycles. The normalized spacial score (nSPS) is 21.8. The minimum Gasteiger partial charge on any atom is -0.396 e. The van der Waals surface area contributed by atoms with Crippen LogP contribution in [0.2, 0.25) is 0 Å². The van der Waals surface area contributed by atoms with Crippen LogP contribution in [0, 0.1) is 17.6 Å². The second-order valence-electron chi connectivity index (χ2n) is 6.80. The number of benzene rings is 1. The van der Waals surface area contributed by atoms with Crippen molar-refractivity contribution in [1.29, 1.82) is 0 Å². The zero-order chi connectivity index (χ0) is 17.3. The average Bonchev–Trinajstić information content (AvgIpc) is 3.18. The Labute approximate surface area is 140 Å². The SMILES string of the molecule is CC(C)n1cc([C@@H]2CN(Cc3cccc(F)c3F)C[C@H]2CO)cn1. The third-order valence-corrected chi connectivity index (χ3v) is 4.76. The molecule has 0 bridgehead atoms. The molecule has 2 heterocycles. The number of rotatable bonds is 5. The summed E-state index contributed by atoms with van der Waals surface area (Å²) in [5.41, 5.74) is 1.44. The van der Waals surface area contributed by atoms with Crippen molar-refractivity contribution in [2.24, 2.45) is 5.92 Å². The molecule has 1 aliphatic heterocycles. The number of likely N-dealkylation sites (tertiary alicyclic amines) is 1. The van der Waals surface area contributed by atoms with Crippen LogP contribution in [-0.2, 0) is 6.54 Å². The number of aliphatic hydroxyl groups excluding tert-OH is 1. The molecule has 1 aromatic carbocycles. The molecule has 130 valence electrons. The lowest BCUT2D eigenvalue weighted by molar-refractivity contribution is 0.213. The number of hydrogen-bond acceptors (Lipinski definition) is 3. The summed E-state index contributed by atoms with van der Waals surface area (Å²) < 4.78 is 29.2. The van der Waals surface area contributed by atoms with E-state index in [1.165, 1.54) is 6.07 Å². The summed E-state index contributed by atoms with van der Waals surface area (Å²) in [6.45, 7) is 5.89. The van der Waals surface area contributed by atoms with Gasteiger partial charge in [-0.1, -0.05) is 12.1 Å². The van der Waals surface area contributed by atoms with Crippen LogP contribution in [-0.4, -0.2) is 39.5 Å². The van der Waals surface area contributed by atoms with E-state index in [1.807, 2.05) is 17.1 Å². The van der Waals surface area contributed by atoms with Gasteiger partial charge in [0.1, 0.15) is 0 Å². The minimum absolute atomic E-state index is 0.0691. The summed E-state index contributed by atoms with van der Waals surface area (Å²) in [6.07, 6.45) is 3.86. The van der Waals surface area contributed by atoms with Gasteiger partial charge in [0.2, 0.25) is 0 Å². The standard InChI is InChI=1S/C18H23F2N3O/c1-12(2)23-9-14(6-21-23)16-10-22(8-15(16)11-24)7-13-4-3-5-17(19)18(13)20/h3-6,9,12,15-16,24H,7-8,10-11H2,1-2H3/t15-,16-/m0/s1. The Morgan fingerprint density at radius 1 is 1.29 bits per heavy atom. The highest BCUT2D eigenvalue weighted by Gasteiger charge is 2.34. The lowest BCUT2D eigenvalue weighted by Crippen LogP contribution is -2.21. The fraction of sp³-hybridized carbons (Fsp3) is 0.500. The summed E-state index contributed by atoms with van der Waals surface area (Å²) in [5.74, 6) is -1.38. The maximum Gasteiger partial charge on any atom is 0.163 e. The molecule has 3 rings (SSSR count). The molecule has 0 spiro atoms. The zero-order valence-corrected chi connectivity index (χ0v) is 14.0. The molecule has 1 N–H and O–H groups in total. The summed E-state index contributed by atoms with van der Waals surface area (Å²) >= 11 is 0. The van der Waals surface area contributed by atoms with Gasteiger partial charge >= 0.3 is 0 Å². The fourth-order valence-corrected chi connectivity index (χ4v) is 3.39. The molecule has 1 saturated heterocycles. The Bertz CT molecular complexity index is 701. The molecule has 0 amide bonds. The van der Waals surface area contributed by atoms with Crippen LogP contribution in [0.1, 0.15) is 36.9 Å². The van der Waals surface area contributed by atoms with Gasteiger partial charge in [-0.3, -0.25) is 9.58 Å². The summed E-state index contributed by atoms with van der Waals surface area (Å²) in [5, 5.41) is 14.1. The molecule has 1 aliphatic rings. The number of halogens is 2. The van der Waals surface area contributed by atoms with Crippen LogP contribution in [0.3, 0.4) is 0 Å². The molecule has 6 heteroatoms. The van der Waals surface area contributed by atoms with E-state index in [0.717, 1.165) is 11.6 Å². The van der Waals surface area contributed by atoms with Crippen molar-refractivity contribution in [3.05, 3.63) is 53.4 Å². The van der Waals surface area contributed by atoms with Crippen LogP contribution in [0.5, 0.6) is 0 Å². The van der Waals surface area contributed by atoms with Crippen molar-refractivity contribution < 1.29 is 13.9 Å². The molecule has 24 heavy (non-hydrogen) atoms. The van der Waals surface area contributed by atoms with E-state index in [1.54, 1.807) is 6.07 Å². The molecule has 2 aromatic rings. The van der Waals surface area contributed by atoms with Crippen molar-refractivity contribution in [3.8, 4) is 0 Å². The first kappa shape index (κ1) is 17.0. The monoisotopic (exact) mass is 335 g/mol. The average molecular weight is 335 g/mol. The Morgan fingerprint density at radius 3 is 2.75 bits per heavy atom. The van der Waals surface area contributed by atoms with Gasteiger partial charge < -0.3 is 5.11 Å². The highest BCUT2D eigenvalue weighted by Crippen LogP contribution is 2.33. The predicted octanol–water partition coefficient (Wildman–Crippen LogP) is 2.95. The van der Waals surface area contributed by atoms with E-state index >= 15 is 0 Å². The molecule has 4 nitrogen and oxygen atoms in total. The predicted molar refractivity (Wildman–Crippen MR) is 87.6 cm³/mol. The third-order valence-electron chi connectivity index (χ3n) is 4.76. The van der Waals surface area contributed by atoms with Crippen molar-refractivity contribution in [3.63, 3.8) is 0 Å². The number of hydrogen-bond donors (Lipinski definition) is 1. The van der Waals surface area contributed by atoms with Crippen molar-refractivity contribution in [2.45, 2.75) is 32.4 Å².